The van der Waals surface area contributed by atoms with E-state index in [9.17, 15) is 0 Å². The smallest absolute Gasteiger partial charge is 0.0639 e. The summed E-state index contributed by atoms with van der Waals surface area (Å²) in [5.41, 5.74) is 2.51. The quantitative estimate of drug-likeness (QED) is 0.675. The molecule has 0 amide bonds. The largest absolute Gasteiger partial charge is 0.369 e. The molecule has 1 fully saturated rings. The summed E-state index contributed by atoms with van der Waals surface area (Å²) in [5.74, 6) is 0. The van der Waals surface area contributed by atoms with Crippen molar-refractivity contribution in [3.8, 4) is 0 Å². The lowest BCUT2D eigenvalue weighted by molar-refractivity contribution is 0.483. The van der Waals surface area contributed by atoms with Crippen molar-refractivity contribution in [1.29, 1.82) is 0 Å². The number of anilines is 1. The molecule has 0 bridgehead atoms. The van der Waals surface area contributed by atoms with E-state index in [1.54, 1.807) is 0 Å². The number of fused-ring (bicyclic) bond motifs is 1. The summed E-state index contributed by atoms with van der Waals surface area (Å²) in [5, 5.41) is 7.30. The minimum atomic E-state index is 0.322. The Morgan fingerprint density at radius 1 is 1.00 bits per heavy atom. The summed E-state index contributed by atoms with van der Waals surface area (Å²) in [6, 6.07) is 24.1. The Kier molecular flexibility index (Phi) is 4.65. The molecular formula is C22H23ClN2. The van der Waals surface area contributed by atoms with E-state index in [-0.39, 0.29) is 0 Å². The van der Waals surface area contributed by atoms with Crippen LogP contribution in [0.5, 0.6) is 0 Å². The fourth-order valence-electron chi connectivity index (χ4n) is 3.89. The maximum absolute atomic E-state index is 6.36. The molecule has 4 rings (SSSR count). The van der Waals surface area contributed by atoms with E-state index in [0.29, 0.717) is 12.1 Å². The van der Waals surface area contributed by atoms with Crippen LogP contribution in [0.2, 0.25) is 5.02 Å². The second-order valence-corrected chi connectivity index (χ2v) is 7.25. The SMILES string of the molecule is C[C@@H](N[C@H]1CCN(c2ccccc2Cl)C1)c1cccc2ccccc12. The molecule has 3 aromatic carbocycles. The van der Waals surface area contributed by atoms with Crippen LogP contribution in [0.4, 0.5) is 5.69 Å². The molecule has 1 N–H and O–H groups in total. The zero-order valence-electron chi connectivity index (χ0n) is 14.5. The van der Waals surface area contributed by atoms with Gasteiger partial charge in [0.15, 0.2) is 0 Å². The van der Waals surface area contributed by atoms with E-state index >= 15 is 0 Å². The van der Waals surface area contributed by atoms with Crippen molar-refractivity contribution in [2.45, 2.75) is 25.4 Å². The molecule has 1 heterocycles. The molecule has 0 saturated carbocycles. The highest BCUT2D eigenvalue weighted by Crippen LogP contribution is 2.30. The highest BCUT2D eigenvalue weighted by Gasteiger charge is 2.25. The maximum atomic E-state index is 6.36. The van der Waals surface area contributed by atoms with Crippen LogP contribution >= 0.6 is 11.6 Å². The maximum Gasteiger partial charge on any atom is 0.0639 e. The van der Waals surface area contributed by atoms with Crippen molar-refractivity contribution in [1.82, 2.24) is 5.32 Å². The summed E-state index contributed by atoms with van der Waals surface area (Å²) in [6.45, 7) is 4.31. The number of halogens is 1. The Labute approximate surface area is 154 Å². The molecule has 25 heavy (non-hydrogen) atoms. The third kappa shape index (κ3) is 3.37. The van der Waals surface area contributed by atoms with Gasteiger partial charge in [0.05, 0.1) is 10.7 Å². The van der Waals surface area contributed by atoms with E-state index in [1.165, 1.54) is 16.3 Å². The van der Waals surface area contributed by atoms with Crippen LogP contribution in [0.3, 0.4) is 0 Å². The molecule has 0 unspecified atom stereocenters. The number of hydrogen-bond donors (Lipinski definition) is 1. The lowest BCUT2D eigenvalue weighted by Gasteiger charge is -2.23. The molecule has 1 aliphatic heterocycles. The third-order valence-corrected chi connectivity index (χ3v) is 5.48. The summed E-state index contributed by atoms with van der Waals surface area (Å²) in [4.78, 5) is 2.38. The van der Waals surface area contributed by atoms with Crippen molar-refractivity contribution in [3.63, 3.8) is 0 Å². The van der Waals surface area contributed by atoms with Crippen molar-refractivity contribution >= 4 is 28.1 Å². The summed E-state index contributed by atoms with van der Waals surface area (Å²) < 4.78 is 0. The molecule has 1 aliphatic rings. The van der Waals surface area contributed by atoms with Crippen LogP contribution in [-0.2, 0) is 0 Å². The first-order chi connectivity index (χ1) is 12.2. The molecule has 0 spiro atoms. The molecule has 2 nitrogen and oxygen atoms in total. The number of benzene rings is 3. The van der Waals surface area contributed by atoms with Gasteiger partial charge in [0.25, 0.3) is 0 Å². The van der Waals surface area contributed by atoms with Crippen LogP contribution in [-0.4, -0.2) is 19.1 Å². The third-order valence-electron chi connectivity index (χ3n) is 5.16. The Morgan fingerprint density at radius 2 is 1.76 bits per heavy atom. The minimum Gasteiger partial charge on any atom is -0.369 e. The van der Waals surface area contributed by atoms with Gasteiger partial charge in [0.1, 0.15) is 0 Å². The normalized spacial score (nSPS) is 18.6. The van der Waals surface area contributed by atoms with E-state index in [1.807, 2.05) is 12.1 Å². The number of nitrogens with one attached hydrogen (secondary N) is 1. The summed E-state index contributed by atoms with van der Waals surface area (Å²) in [6.07, 6.45) is 1.14. The van der Waals surface area contributed by atoms with Crippen LogP contribution in [0.25, 0.3) is 10.8 Å². The lowest BCUT2D eigenvalue weighted by Crippen LogP contribution is -2.34. The first-order valence-corrected chi connectivity index (χ1v) is 9.33. The molecule has 1 saturated heterocycles. The monoisotopic (exact) mass is 350 g/mol. The molecule has 3 heteroatoms. The van der Waals surface area contributed by atoms with Gasteiger partial charge in [-0.25, -0.2) is 0 Å². The van der Waals surface area contributed by atoms with Crippen molar-refractivity contribution in [2.75, 3.05) is 18.0 Å². The van der Waals surface area contributed by atoms with Crippen molar-refractivity contribution in [3.05, 3.63) is 77.3 Å². The Bertz CT molecular complexity index is 871. The minimum absolute atomic E-state index is 0.322. The van der Waals surface area contributed by atoms with Gasteiger partial charge in [-0.05, 0) is 41.8 Å². The molecule has 0 aromatic heterocycles. The topological polar surface area (TPSA) is 15.3 Å². The fourth-order valence-corrected chi connectivity index (χ4v) is 4.15. The van der Waals surface area contributed by atoms with Crippen molar-refractivity contribution < 1.29 is 0 Å². The standard InChI is InChI=1S/C22H23ClN2/c1-16(19-10-6-8-17-7-2-3-9-20(17)19)24-18-13-14-25(15-18)22-12-5-4-11-21(22)23/h2-12,16,18,24H,13-15H2,1H3/t16-,18+/m1/s1. The zero-order valence-corrected chi connectivity index (χ0v) is 15.2. The molecule has 2 atom stereocenters. The Hall–Kier alpha value is -2.03. The highest BCUT2D eigenvalue weighted by molar-refractivity contribution is 6.33. The number of rotatable bonds is 4. The number of para-hydroxylation sites is 1. The average Bonchev–Trinajstić information content (AvgIpc) is 3.09. The number of hydrogen-bond acceptors (Lipinski definition) is 2. The highest BCUT2D eigenvalue weighted by atomic mass is 35.5. The Morgan fingerprint density at radius 3 is 2.64 bits per heavy atom. The van der Waals surface area contributed by atoms with E-state index < -0.39 is 0 Å². The van der Waals surface area contributed by atoms with Crippen molar-refractivity contribution in [2.24, 2.45) is 0 Å². The summed E-state index contributed by atoms with van der Waals surface area (Å²) >= 11 is 6.36. The lowest BCUT2D eigenvalue weighted by atomic mass is 9.99. The molecule has 0 radical (unpaired) electrons. The molecule has 3 aromatic rings. The molecular weight excluding hydrogens is 328 g/mol. The van der Waals surface area contributed by atoms with Gasteiger partial charge in [0, 0.05) is 25.2 Å². The van der Waals surface area contributed by atoms with Gasteiger partial charge in [0.2, 0.25) is 0 Å². The van der Waals surface area contributed by atoms with Gasteiger partial charge >= 0.3 is 0 Å². The van der Waals surface area contributed by atoms with Gasteiger partial charge in [-0.1, -0.05) is 66.2 Å². The predicted molar refractivity (Wildman–Crippen MR) is 108 cm³/mol. The summed E-state index contributed by atoms with van der Waals surface area (Å²) in [7, 11) is 0. The van der Waals surface area contributed by atoms with E-state index in [4.69, 9.17) is 11.6 Å². The van der Waals surface area contributed by atoms with Crippen LogP contribution in [0.15, 0.2) is 66.7 Å². The first-order valence-electron chi connectivity index (χ1n) is 8.95. The van der Waals surface area contributed by atoms with E-state index in [2.05, 4.69) is 71.7 Å². The number of nitrogens with zero attached hydrogens (tertiary/aromatic N) is 1. The second-order valence-electron chi connectivity index (χ2n) is 6.84. The molecule has 0 aliphatic carbocycles. The van der Waals surface area contributed by atoms with Crippen LogP contribution in [0, 0.1) is 0 Å². The second kappa shape index (κ2) is 7.07. The van der Waals surface area contributed by atoms with Gasteiger partial charge < -0.3 is 10.2 Å². The predicted octanol–water partition coefficient (Wildman–Crippen LogP) is 5.42. The average molecular weight is 351 g/mol. The van der Waals surface area contributed by atoms with Crippen LogP contribution in [0.1, 0.15) is 24.9 Å². The molecule has 128 valence electrons. The fraction of sp³-hybridized carbons (Fsp3) is 0.273. The van der Waals surface area contributed by atoms with E-state index in [0.717, 1.165) is 30.2 Å². The Balaban J connectivity index is 1.48. The van der Waals surface area contributed by atoms with Gasteiger partial charge in [-0.2, -0.15) is 0 Å². The van der Waals surface area contributed by atoms with Crippen LogP contribution < -0.4 is 10.2 Å². The zero-order chi connectivity index (χ0) is 17.2. The van der Waals surface area contributed by atoms with Gasteiger partial charge in [-0.3, -0.25) is 0 Å². The first kappa shape index (κ1) is 16.4. The van der Waals surface area contributed by atoms with Gasteiger partial charge in [-0.15, -0.1) is 0 Å².